The highest BCUT2D eigenvalue weighted by atomic mass is 32.2. The molecule has 0 aromatic rings. The number of nitrogens with zero attached hydrogens (tertiary/aromatic N) is 1. The average molecular weight is 323 g/mol. The molecule has 1 heterocycles. The van der Waals surface area contributed by atoms with Crippen LogP contribution in [0.5, 0.6) is 0 Å². The smallest absolute Gasteiger partial charge is 0.166 e. The first kappa shape index (κ1) is 18.3. The van der Waals surface area contributed by atoms with Crippen molar-refractivity contribution in [3.63, 3.8) is 0 Å². The van der Waals surface area contributed by atoms with E-state index >= 15 is 0 Å². The second kappa shape index (κ2) is 8.01. The Morgan fingerprint density at radius 3 is 2.65 bits per heavy atom. The van der Waals surface area contributed by atoms with Crippen molar-refractivity contribution in [2.24, 2.45) is 11.1 Å². The van der Waals surface area contributed by atoms with E-state index in [0.717, 1.165) is 43.9 Å². The number of rotatable bonds is 8. The fraction of sp³-hybridized carbons (Fsp3) is 1.00. The summed E-state index contributed by atoms with van der Waals surface area (Å²) in [4.78, 5) is 2.17. The highest BCUT2D eigenvalue weighted by Gasteiger charge is 2.32. The average Bonchev–Trinajstić information content (AvgIpc) is 2.44. The van der Waals surface area contributed by atoms with Crippen LogP contribution >= 0.6 is 11.8 Å². The third-order valence-electron chi connectivity index (χ3n) is 4.11. The SMILES string of the molecule is CCS(=O)(=O)C1CSCCN1CCCCC(C)(C)CN. The minimum atomic E-state index is -2.96. The molecule has 0 bridgehead atoms. The molecule has 0 aromatic heterocycles. The first-order chi connectivity index (χ1) is 9.32. The molecule has 0 aliphatic carbocycles. The van der Waals surface area contributed by atoms with Crippen molar-refractivity contribution in [3.05, 3.63) is 0 Å². The lowest BCUT2D eigenvalue weighted by Gasteiger charge is -2.34. The summed E-state index contributed by atoms with van der Waals surface area (Å²) < 4.78 is 24.3. The largest absolute Gasteiger partial charge is 0.330 e. The quantitative estimate of drug-likeness (QED) is 0.692. The highest BCUT2D eigenvalue weighted by Crippen LogP contribution is 2.24. The fourth-order valence-electron chi connectivity index (χ4n) is 2.41. The van der Waals surface area contributed by atoms with E-state index in [1.807, 2.05) is 0 Å². The second-order valence-corrected chi connectivity index (χ2v) is 9.94. The lowest BCUT2D eigenvalue weighted by Crippen LogP contribution is -2.48. The minimum absolute atomic E-state index is 0.201. The van der Waals surface area contributed by atoms with Gasteiger partial charge in [-0.15, -0.1) is 0 Å². The molecule has 1 fully saturated rings. The molecule has 1 rings (SSSR count). The van der Waals surface area contributed by atoms with Gasteiger partial charge in [-0.05, 0) is 31.3 Å². The summed E-state index contributed by atoms with van der Waals surface area (Å²) in [5.74, 6) is 2.02. The summed E-state index contributed by atoms with van der Waals surface area (Å²) in [6, 6.07) is 0. The topological polar surface area (TPSA) is 63.4 Å². The minimum Gasteiger partial charge on any atom is -0.330 e. The van der Waals surface area contributed by atoms with Crippen LogP contribution < -0.4 is 5.73 Å². The number of hydrogen-bond donors (Lipinski definition) is 1. The summed E-state index contributed by atoms with van der Waals surface area (Å²) in [7, 11) is -2.96. The first-order valence-electron chi connectivity index (χ1n) is 7.56. The van der Waals surface area contributed by atoms with E-state index in [0.29, 0.717) is 6.54 Å². The normalized spacial score (nSPS) is 22.1. The Labute approximate surface area is 128 Å². The number of nitrogens with two attached hydrogens (primary N) is 1. The number of sulfone groups is 1. The van der Waals surface area contributed by atoms with Crippen molar-refractivity contribution in [1.82, 2.24) is 4.90 Å². The molecule has 1 unspecified atom stereocenters. The van der Waals surface area contributed by atoms with Crippen molar-refractivity contribution in [2.45, 2.75) is 45.4 Å². The predicted octanol–water partition coefficient (Wildman–Crippen LogP) is 1.95. The zero-order valence-corrected chi connectivity index (χ0v) is 14.7. The van der Waals surface area contributed by atoms with E-state index in [1.165, 1.54) is 0 Å². The van der Waals surface area contributed by atoms with Gasteiger partial charge in [0.2, 0.25) is 0 Å². The Bertz CT molecular complexity index is 383. The van der Waals surface area contributed by atoms with E-state index in [2.05, 4.69) is 18.7 Å². The van der Waals surface area contributed by atoms with Crippen LogP contribution in [-0.2, 0) is 9.84 Å². The van der Waals surface area contributed by atoms with Gasteiger partial charge in [-0.1, -0.05) is 27.2 Å². The molecular weight excluding hydrogens is 292 g/mol. The number of thioether (sulfide) groups is 1. The van der Waals surface area contributed by atoms with E-state index in [1.54, 1.807) is 18.7 Å². The lowest BCUT2D eigenvalue weighted by atomic mass is 9.87. The van der Waals surface area contributed by atoms with E-state index in [-0.39, 0.29) is 16.5 Å². The zero-order chi connectivity index (χ0) is 15.2. The molecule has 1 aliphatic heterocycles. The first-order valence-corrected chi connectivity index (χ1v) is 10.4. The van der Waals surface area contributed by atoms with Gasteiger partial charge in [0, 0.05) is 23.8 Å². The van der Waals surface area contributed by atoms with Crippen molar-refractivity contribution >= 4 is 21.6 Å². The molecule has 0 spiro atoms. The molecule has 20 heavy (non-hydrogen) atoms. The zero-order valence-electron chi connectivity index (χ0n) is 13.1. The molecule has 0 radical (unpaired) electrons. The van der Waals surface area contributed by atoms with Crippen LogP contribution in [-0.4, -0.2) is 55.6 Å². The lowest BCUT2D eigenvalue weighted by molar-refractivity contribution is 0.252. The van der Waals surface area contributed by atoms with Crippen LogP contribution in [0.3, 0.4) is 0 Å². The third kappa shape index (κ3) is 5.54. The van der Waals surface area contributed by atoms with Gasteiger partial charge < -0.3 is 5.73 Å². The van der Waals surface area contributed by atoms with Gasteiger partial charge in [-0.2, -0.15) is 11.8 Å². The summed E-state index contributed by atoms with van der Waals surface area (Å²) in [6.45, 7) is 8.63. The summed E-state index contributed by atoms with van der Waals surface area (Å²) in [5, 5.41) is -0.270. The van der Waals surface area contributed by atoms with Gasteiger partial charge in [-0.25, -0.2) is 8.42 Å². The molecule has 1 saturated heterocycles. The molecule has 0 amide bonds. The molecule has 120 valence electrons. The maximum absolute atomic E-state index is 12.1. The van der Waals surface area contributed by atoms with E-state index < -0.39 is 9.84 Å². The van der Waals surface area contributed by atoms with Crippen molar-refractivity contribution in [3.8, 4) is 0 Å². The van der Waals surface area contributed by atoms with Crippen LogP contribution in [0, 0.1) is 5.41 Å². The van der Waals surface area contributed by atoms with Crippen molar-refractivity contribution < 1.29 is 8.42 Å². The van der Waals surface area contributed by atoms with Crippen molar-refractivity contribution in [2.75, 3.05) is 36.9 Å². The maximum atomic E-state index is 12.1. The number of unbranched alkanes of at least 4 members (excludes halogenated alkanes) is 1. The van der Waals surface area contributed by atoms with Gasteiger partial charge in [0.05, 0.1) is 0 Å². The molecule has 1 aliphatic rings. The van der Waals surface area contributed by atoms with Gasteiger partial charge in [0.25, 0.3) is 0 Å². The van der Waals surface area contributed by atoms with Gasteiger partial charge in [0.15, 0.2) is 9.84 Å². The monoisotopic (exact) mass is 322 g/mol. The van der Waals surface area contributed by atoms with Gasteiger partial charge in [-0.3, -0.25) is 4.90 Å². The Balaban J connectivity index is 2.44. The molecule has 0 saturated carbocycles. The maximum Gasteiger partial charge on any atom is 0.166 e. The summed E-state index contributed by atoms with van der Waals surface area (Å²) in [5.41, 5.74) is 5.94. The van der Waals surface area contributed by atoms with E-state index in [4.69, 9.17) is 5.73 Å². The Hall–Kier alpha value is 0.220. The van der Waals surface area contributed by atoms with Crippen LogP contribution in [0.1, 0.15) is 40.0 Å². The van der Waals surface area contributed by atoms with Crippen molar-refractivity contribution in [1.29, 1.82) is 0 Å². The third-order valence-corrected chi connectivity index (χ3v) is 7.44. The molecular formula is C14H30N2O2S2. The predicted molar refractivity (Wildman–Crippen MR) is 88.8 cm³/mol. The van der Waals surface area contributed by atoms with Crippen LogP contribution in [0.2, 0.25) is 0 Å². The van der Waals surface area contributed by atoms with Gasteiger partial charge >= 0.3 is 0 Å². The molecule has 6 heteroatoms. The molecule has 2 N–H and O–H groups in total. The molecule has 4 nitrogen and oxygen atoms in total. The Kier molecular flexibility index (Phi) is 7.32. The van der Waals surface area contributed by atoms with E-state index in [9.17, 15) is 8.42 Å². The molecule has 0 aromatic carbocycles. The second-order valence-electron chi connectivity index (χ2n) is 6.34. The number of hydrogen-bond acceptors (Lipinski definition) is 5. The summed E-state index contributed by atoms with van der Waals surface area (Å²) in [6.07, 6.45) is 3.29. The summed E-state index contributed by atoms with van der Waals surface area (Å²) >= 11 is 1.76. The fourth-order valence-corrected chi connectivity index (χ4v) is 5.53. The van der Waals surface area contributed by atoms with Crippen LogP contribution in [0.4, 0.5) is 0 Å². The standard InChI is InChI=1S/C14H30N2O2S2/c1-4-20(17,18)13-11-19-10-9-16(13)8-6-5-7-14(2,3)12-15/h13H,4-12,15H2,1-3H3. The van der Waals surface area contributed by atoms with Gasteiger partial charge in [0.1, 0.15) is 5.37 Å². The van der Waals surface area contributed by atoms with Crippen LogP contribution in [0.25, 0.3) is 0 Å². The Morgan fingerprint density at radius 2 is 2.05 bits per heavy atom. The highest BCUT2D eigenvalue weighted by molar-refractivity contribution is 8.01. The molecule has 1 atom stereocenters. The Morgan fingerprint density at radius 1 is 1.35 bits per heavy atom. The van der Waals surface area contributed by atoms with Crippen LogP contribution in [0.15, 0.2) is 0 Å².